The zero-order valence-electron chi connectivity index (χ0n) is 18.4. The first kappa shape index (κ1) is 21.1. The predicted octanol–water partition coefficient (Wildman–Crippen LogP) is 7.42. The minimum Gasteiger partial charge on any atom is -0.496 e. The second-order valence-corrected chi connectivity index (χ2v) is 9.10. The number of rotatable bonds is 6. The number of aldehydes is 1. The van der Waals surface area contributed by atoms with Crippen LogP contribution in [-0.2, 0) is 6.42 Å². The maximum atomic E-state index is 12.4. The topological polar surface area (TPSA) is 26.3 Å². The molecule has 0 aliphatic carbocycles. The van der Waals surface area contributed by atoms with Crippen LogP contribution < -0.4 is 4.74 Å². The molecule has 4 rings (SSSR count). The summed E-state index contributed by atoms with van der Waals surface area (Å²) in [6.45, 7) is 6.32. The number of aryl methyl sites for hydroxylation is 2. The first-order chi connectivity index (χ1) is 15.0. The number of hydrogen-bond donors (Lipinski definition) is 0. The van der Waals surface area contributed by atoms with E-state index < -0.39 is 0 Å². The van der Waals surface area contributed by atoms with E-state index in [1.807, 2.05) is 42.5 Å². The maximum Gasteiger partial charge on any atom is 0.154 e. The molecule has 0 bridgehead atoms. The van der Waals surface area contributed by atoms with Crippen molar-refractivity contribution in [3.63, 3.8) is 0 Å². The summed E-state index contributed by atoms with van der Waals surface area (Å²) in [5.74, 6) is 0.651. The standard InChI is InChI=1S/C28H26O2S/c1-18-15-23(22-13-9-6-10-14-22)27(24(17-29)28(18)30-4)26-19(2)20(3)31-25(26)16-21-11-7-5-8-12-21/h5-15,17H,16H2,1-4H3. The fourth-order valence-electron chi connectivity index (χ4n) is 4.25. The zero-order valence-corrected chi connectivity index (χ0v) is 19.2. The third-order valence-corrected chi connectivity index (χ3v) is 7.03. The summed E-state index contributed by atoms with van der Waals surface area (Å²) in [5, 5.41) is 0. The number of methoxy groups -OCH3 is 1. The lowest BCUT2D eigenvalue weighted by Crippen LogP contribution is -2.02. The number of carbonyl (C=O) groups excluding carboxylic acids is 1. The highest BCUT2D eigenvalue weighted by Gasteiger charge is 2.24. The third kappa shape index (κ3) is 3.94. The van der Waals surface area contributed by atoms with E-state index in [-0.39, 0.29) is 0 Å². The van der Waals surface area contributed by atoms with Gasteiger partial charge in [0.25, 0.3) is 0 Å². The SMILES string of the molecule is COc1c(C)cc(-c2ccccc2)c(-c2c(Cc3ccccc3)sc(C)c2C)c1C=O. The second kappa shape index (κ2) is 8.91. The van der Waals surface area contributed by atoms with Gasteiger partial charge in [0.05, 0.1) is 12.7 Å². The Morgan fingerprint density at radius 2 is 1.55 bits per heavy atom. The molecule has 0 spiro atoms. The van der Waals surface area contributed by atoms with Gasteiger partial charge in [0, 0.05) is 27.3 Å². The van der Waals surface area contributed by atoms with Gasteiger partial charge in [0.15, 0.2) is 6.29 Å². The molecule has 0 unspecified atom stereocenters. The molecule has 0 saturated carbocycles. The van der Waals surface area contributed by atoms with Crippen LogP contribution in [0.2, 0.25) is 0 Å². The minimum atomic E-state index is 0.622. The molecule has 3 aromatic carbocycles. The van der Waals surface area contributed by atoms with E-state index in [1.165, 1.54) is 20.9 Å². The maximum absolute atomic E-state index is 12.4. The van der Waals surface area contributed by atoms with Crippen molar-refractivity contribution < 1.29 is 9.53 Å². The number of benzene rings is 3. The van der Waals surface area contributed by atoms with Gasteiger partial charge in [-0.3, -0.25) is 4.79 Å². The fourth-order valence-corrected chi connectivity index (χ4v) is 5.47. The molecular formula is C28H26O2S. The van der Waals surface area contributed by atoms with E-state index in [0.717, 1.165) is 40.5 Å². The van der Waals surface area contributed by atoms with Gasteiger partial charge < -0.3 is 4.74 Å². The summed E-state index contributed by atoms with van der Waals surface area (Å²) >= 11 is 1.81. The Balaban J connectivity index is 2.05. The first-order valence-electron chi connectivity index (χ1n) is 10.4. The molecule has 1 heterocycles. The van der Waals surface area contributed by atoms with Crippen LogP contribution >= 0.6 is 11.3 Å². The van der Waals surface area contributed by atoms with Crippen molar-refractivity contribution in [1.82, 2.24) is 0 Å². The normalized spacial score (nSPS) is 10.8. The van der Waals surface area contributed by atoms with Crippen molar-refractivity contribution in [2.24, 2.45) is 0 Å². The Labute approximate surface area is 188 Å². The largest absolute Gasteiger partial charge is 0.496 e. The van der Waals surface area contributed by atoms with Crippen LogP contribution in [0.1, 0.15) is 36.8 Å². The van der Waals surface area contributed by atoms with Crippen LogP contribution in [0.3, 0.4) is 0 Å². The molecule has 0 radical (unpaired) electrons. The third-order valence-electron chi connectivity index (χ3n) is 5.82. The Bertz CT molecular complexity index is 1220. The molecule has 4 aromatic rings. The van der Waals surface area contributed by atoms with E-state index in [9.17, 15) is 4.79 Å². The molecular weight excluding hydrogens is 400 g/mol. The summed E-state index contributed by atoms with van der Waals surface area (Å²) < 4.78 is 5.70. The van der Waals surface area contributed by atoms with Crippen LogP contribution in [-0.4, -0.2) is 13.4 Å². The van der Waals surface area contributed by atoms with E-state index in [4.69, 9.17) is 4.74 Å². The first-order valence-corrected chi connectivity index (χ1v) is 11.2. The van der Waals surface area contributed by atoms with E-state index >= 15 is 0 Å². The highest BCUT2D eigenvalue weighted by molar-refractivity contribution is 7.12. The molecule has 0 amide bonds. The van der Waals surface area contributed by atoms with Crippen LogP contribution in [0.4, 0.5) is 0 Å². The number of hydrogen-bond acceptors (Lipinski definition) is 3. The molecule has 0 fully saturated rings. The van der Waals surface area contributed by atoms with Crippen molar-refractivity contribution >= 4 is 17.6 Å². The highest BCUT2D eigenvalue weighted by Crippen LogP contribution is 2.46. The van der Waals surface area contributed by atoms with Crippen LogP contribution in [0.15, 0.2) is 66.7 Å². The lowest BCUT2D eigenvalue weighted by atomic mass is 9.86. The Kier molecular flexibility index (Phi) is 6.06. The highest BCUT2D eigenvalue weighted by atomic mass is 32.1. The van der Waals surface area contributed by atoms with Gasteiger partial charge in [-0.1, -0.05) is 60.7 Å². The van der Waals surface area contributed by atoms with Gasteiger partial charge in [-0.15, -0.1) is 11.3 Å². The number of thiophene rings is 1. The quantitative estimate of drug-likeness (QED) is 0.300. The van der Waals surface area contributed by atoms with Gasteiger partial charge in [-0.2, -0.15) is 0 Å². The van der Waals surface area contributed by atoms with E-state index in [0.29, 0.717) is 11.3 Å². The van der Waals surface area contributed by atoms with Crippen molar-refractivity contribution in [3.8, 4) is 28.0 Å². The molecule has 1 aromatic heterocycles. The minimum absolute atomic E-state index is 0.622. The van der Waals surface area contributed by atoms with Crippen molar-refractivity contribution in [2.75, 3.05) is 7.11 Å². The van der Waals surface area contributed by atoms with Gasteiger partial charge in [-0.25, -0.2) is 0 Å². The number of carbonyl (C=O) groups is 1. The van der Waals surface area contributed by atoms with Crippen LogP contribution in [0.5, 0.6) is 5.75 Å². The molecule has 156 valence electrons. The van der Waals surface area contributed by atoms with Crippen LogP contribution in [0.25, 0.3) is 22.3 Å². The zero-order chi connectivity index (χ0) is 22.0. The Morgan fingerprint density at radius 1 is 0.903 bits per heavy atom. The summed E-state index contributed by atoms with van der Waals surface area (Å²) in [6, 6.07) is 22.9. The fraction of sp³-hybridized carbons (Fsp3) is 0.179. The summed E-state index contributed by atoms with van der Waals surface area (Å²) in [4.78, 5) is 15.0. The van der Waals surface area contributed by atoms with Crippen molar-refractivity contribution in [1.29, 1.82) is 0 Å². The van der Waals surface area contributed by atoms with Gasteiger partial charge in [0.2, 0.25) is 0 Å². The lowest BCUT2D eigenvalue weighted by molar-refractivity contribution is 0.112. The molecule has 0 saturated heterocycles. The summed E-state index contributed by atoms with van der Waals surface area (Å²) in [6.07, 6.45) is 1.78. The summed E-state index contributed by atoms with van der Waals surface area (Å²) in [5.41, 5.74) is 8.36. The molecule has 0 atom stereocenters. The molecule has 2 nitrogen and oxygen atoms in total. The van der Waals surface area contributed by atoms with Gasteiger partial charge in [0.1, 0.15) is 5.75 Å². The molecule has 0 aliphatic rings. The second-order valence-electron chi connectivity index (χ2n) is 7.79. The van der Waals surface area contributed by atoms with E-state index in [1.54, 1.807) is 7.11 Å². The number of ether oxygens (including phenoxy) is 1. The van der Waals surface area contributed by atoms with E-state index in [2.05, 4.69) is 56.3 Å². The molecule has 0 aliphatic heterocycles. The Hall–Kier alpha value is -3.17. The van der Waals surface area contributed by atoms with Crippen molar-refractivity contribution in [2.45, 2.75) is 27.2 Å². The van der Waals surface area contributed by atoms with Crippen molar-refractivity contribution in [3.05, 3.63) is 98.7 Å². The lowest BCUT2D eigenvalue weighted by Gasteiger charge is -2.19. The Morgan fingerprint density at radius 3 is 2.16 bits per heavy atom. The molecule has 0 N–H and O–H groups in total. The van der Waals surface area contributed by atoms with Crippen LogP contribution in [0, 0.1) is 20.8 Å². The predicted molar refractivity (Wildman–Crippen MR) is 131 cm³/mol. The monoisotopic (exact) mass is 426 g/mol. The molecule has 3 heteroatoms. The smallest absolute Gasteiger partial charge is 0.154 e. The summed E-state index contributed by atoms with van der Waals surface area (Å²) in [7, 11) is 1.64. The average Bonchev–Trinajstić information content (AvgIpc) is 3.07. The van der Waals surface area contributed by atoms with Gasteiger partial charge >= 0.3 is 0 Å². The molecule has 31 heavy (non-hydrogen) atoms. The van der Waals surface area contributed by atoms with Gasteiger partial charge in [-0.05, 0) is 54.7 Å². The average molecular weight is 427 g/mol.